The molecule has 0 saturated heterocycles. The highest BCUT2D eigenvalue weighted by molar-refractivity contribution is 5.99. The largest absolute Gasteiger partial charge is 0.494 e. The van der Waals surface area contributed by atoms with Crippen molar-refractivity contribution in [3.05, 3.63) is 290 Å². The first-order chi connectivity index (χ1) is 65.4. The minimum Gasteiger partial charge on any atom is -0.494 e. The van der Waals surface area contributed by atoms with Crippen LogP contribution in [0, 0.1) is 0 Å². The second kappa shape index (κ2) is 59.7. The van der Waals surface area contributed by atoms with E-state index in [1.807, 2.05) is 48.5 Å². The quantitative estimate of drug-likeness (QED) is 0.0112. The number of hydrogen-bond acceptors (Lipinski definition) is 26. The van der Waals surface area contributed by atoms with E-state index in [1.165, 1.54) is 36.4 Å². The zero-order valence-electron chi connectivity index (χ0n) is 75.8. The molecule has 0 bridgehead atoms. The molecule has 0 aliphatic carbocycles. The van der Waals surface area contributed by atoms with Crippen molar-refractivity contribution >= 4 is 59.7 Å². The van der Waals surface area contributed by atoms with E-state index in [1.54, 1.807) is 97.1 Å². The maximum Gasteiger partial charge on any atom is 0.343 e. The van der Waals surface area contributed by atoms with E-state index in [2.05, 4.69) is 50.6 Å². The zero-order chi connectivity index (χ0) is 95.0. The Hall–Kier alpha value is -14.6. The maximum absolute atomic E-state index is 13.9. The normalized spacial score (nSPS) is 10.7. The third-order valence-electron chi connectivity index (χ3n) is 20.7. The third-order valence-corrected chi connectivity index (χ3v) is 20.7. The van der Waals surface area contributed by atoms with Gasteiger partial charge in [0.2, 0.25) is 0 Å². The van der Waals surface area contributed by atoms with Gasteiger partial charge in [0.25, 0.3) is 0 Å². The molecule has 26 heteroatoms. The van der Waals surface area contributed by atoms with Gasteiger partial charge < -0.3 is 75.8 Å². The van der Waals surface area contributed by atoms with E-state index in [-0.39, 0.29) is 69.6 Å². The van der Waals surface area contributed by atoms with Gasteiger partial charge in [-0.3, -0.25) is 0 Å². The second-order valence-corrected chi connectivity index (χ2v) is 30.9. The van der Waals surface area contributed by atoms with E-state index in [0.717, 1.165) is 199 Å². The van der Waals surface area contributed by atoms with Crippen molar-refractivity contribution in [2.24, 2.45) is 0 Å². The first-order valence-corrected chi connectivity index (χ1v) is 45.6. The average molecular weight is 1830 g/mol. The molecule has 0 N–H and O–H groups in total. The van der Waals surface area contributed by atoms with Gasteiger partial charge in [0.05, 0.1) is 102 Å². The van der Waals surface area contributed by atoms with Gasteiger partial charge in [0, 0.05) is 24.3 Å². The molecule has 0 aromatic heterocycles. The average Bonchev–Trinajstić information content (AvgIpc) is 0.832. The number of ether oxygens (including phenoxy) is 16. The summed E-state index contributed by atoms with van der Waals surface area (Å²) in [6.45, 7) is 17.7. The van der Waals surface area contributed by atoms with E-state index in [4.69, 9.17) is 75.8 Å². The van der Waals surface area contributed by atoms with Crippen LogP contribution in [0.15, 0.2) is 257 Å². The van der Waals surface area contributed by atoms with Crippen LogP contribution in [0.3, 0.4) is 0 Å². The minimum atomic E-state index is -0.789. The molecular weight excluding hydrogens is 1710 g/mol. The van der Waals surface area contributed by atoms with Crippen molar-refractivity contribution in [3.63, 3.8) is 0 Å². The molecule has 134 heavy (non-hydrogen) atoms. The fourth-order valence-electron chi connectivity index (χ4n) is 13.3. The van der Waals surface area contributed by atoms with Crippen molar-refractivity contribution in [3.8, 4) is 79.7 Å². The zero-order valence-corrected chi connectivity index (χ0v) is 75.8. The van der Waals surface area contributed by atoms with Gasteiger partial charge in [0.15, 0.2) is 0 Å². The fraction of sp³-hybridized carbons (Fsp3) is 0.333. The van der Waals surface area contributed by atoms with Crippen LogP contribution in [0.25, 0.3) is 22.3 Å². The van der Waals surface area contributed by atoms with E-state index in [0.29, 0.717) is 102 Å². The molecule has 0 saturated carbocycles. The number of unbranched alkanes of at least 4 members (excludes halogenated alkanes) is 18. The third kappa shape index (κ3) is 38.5. The smallest absolute Gasteiger partial charge is 0.343 e. The molecule has 9 rings (SSSR count). The highest BCUT2D eigenvalue weighted by atomic mass is 16.6. The molecule has 0 amide bonds. The molecular formula is C108H118O26. The minimum absolute atomic E-state index is 0.0112. The summed E-state index contributed by atoms with van der Waals surface area (Å²) in [6.07, 6.45) is 23.0. The number of carbonyl (C=O) groups is 10. The van der Waals surface area contributed by atoms with Gasteiger partial charge in [-0.2, -0.15) is 0 Å². The molecule has 0 atom stereocenters. The van der Waals surface area contributed by atoms with E-state index >= 15 is 0 Å². The van der Waals surface area contributed by atoms with E-state index < -0.39 is 59.7 Å². The van der Waals surface area contributed by atoms with Crippen molar-refractivity contribution in [2.45, 2.75) is 154 Å². The molecule has 0 radical (unpaired) electrons. The fourth-order valence-corrected chi connectivity index (χ4v) is 13.3. The van der Waals surface area contributed by atoms with Gasteiger partial charge in [-0.05, 0) is 334 Å². The lowest BCUT2D eigenvalue weighted by Gasteiger charge is -2.13. The molecule has 9 aromatic carbocycles. The Balaban J connectivity index is 0.695. The number of benzene rings is 9. The van der Waals surface area contributed by atoms with Gasteiger partial charge >= 0.3 is 59.7 Å². The van der Waals surface area contributed by atoms with Gasteiger partial charge in [-0.25, -0.2) is 47.9 Å². The van der Waals surface area contributed by atoms with Crippen LogP contribution >= 0.6 is 0 Å². The Morgan fingerprint density at radius 2 is 0.418 bits per heavy atom. The summed E-state index contributed by atoms with van der Waals surface area (Å²) >= 11 is 0. The molecule has 0 spiro atoms. The summed E-state index contributed by atoms with van der Waals surface area (Å²) in [5, 5.41) is 0. The van der Waals surface area contributed by atoms with Crippen LogP contribution in [0.4, 0.5) is 0 Å². The molecule has 0 fully saturated rings. The first-order valence-electron chi connectivity index (χ1n) is 45.6. The standard InChI is InChI=1S/C108H118O26/c1-5-99(109)125-69-27-15-9-21-63-119-87-51-43-81(44-52-87)103(113)131-93-59-61-97(133-105(115)83-47-55-89(56-48-83)121-65-23-11-17-29-71-127-101(111)7-3)95(77-93)107(117)129-73-31-19-13-25-67-123-91-37-33-35-85(75-91)79-39-41-80(42-40-79)86-36-34-38-92(76-86)124-68-26-14-20-32-74-130-108(118)96-78-94(132-104(114)82-45-53-88(54-46-82)120-64-22-10-16-28-70-126-100(110)6-2)60-62-98(96)134-106(116)84-49-57-90(58-50-84)122-66-24-12-18-30-72-128-102(112)8-4/h5-8,33-62,75-78H,1-4,9-32,63-74H2. The number of carbonyl (C=O) groups excluding carboxylic acids is 10. The molecule has 0 heterocycles. The Morgan fingerprint density at radius 1 is 0.194 bits per heavy atom. The van der Waals surface area contributed by atoms with Crippen molar-refractivity contribution in [2.75, 3.05) is 79.3 Å². The predicted octanol–water partition coefficient (Wildman–Crippen LogP) is 22.2. The summed E-state index contributed by atoms with van der Waals surface area (Å²) in [5.41, 5.74) is 4.55. The molecule has 706 valence electrons. The Bertz CT molecular complexity index is 4930. The summed E-state index contributed by atoms with van der Waals surface area (Å²) < 4.78 is 90.5. The van der Waals surface area contributed by atoms with Crippen LogP contribution in [-0.2, 0) is 47.6 Å². The summed E-state index contributed by atoms with van der Waals surface area (Å²) in [6, 6.07) is 58.0. The van der Waals surface area contributed by atoms with Crippen LogP contribution in [-0.4, -0.2) is 139 Å². The highest BCUT2D eigenvalue weighted by Gasteiger charge is 2.24. The first kappa shape index (κ1) is 103. The Labute approximate surface area is 782 Å². The molecule has 9 aromatic rings. The monoisotopic (exact) mass is 1830 g/mol. The van der Waals surface area contributed by atoms with Crippen molar-refractivity contribution in [1.82, 2.24) is 0 Å². The van der Waals surface area contributed by atoms with Crippen LogP contribution in [0.2, 0.25) is 0 Å². The Kier molecular flexibility index (Phi) is 45.9. The summed E-state index contributed by atoms with van der Waals surface area (Å²) in [5.74, 6) is -2.79. The van der Waals surface area contributed by atoms with Crippen LogP contribution in [0.1, 0.15) is 216 Å². The summed E-state index contributed by atoms with van der Waals surface area (Å²) in [7, 11) is 0. The number of esters is 10. The van der Waals surface area contributed by atoms with Gasteiger partial charge in [-0.1, -0.05) is 74.8 Å². The van der Waals surface area contributed by atoms with Gasteiger partial charge in [-0.15, -0.1) is 0 Å². The van der Waals surface area contributed by atoms with Gasteiger partial charge in [0.1, 0.15) is 68.6 Å². The van der Waals surface area contributed by atoms with E-state index in [9.17, 15) is 47.9 Å². The lowest BCUT2D eigenvalue weighted by molar-refractivity contribution is -0.138. The topological polar surface area (TPSA) is 318 Å². The van der Waals surface area contributed by atoms with Crippen LogP contribution in [0.5, 0.6) is 57.5 Å². The number of rotatable bonds is 64. The van der Waals surface area contributed by atoms with Crippen LogP contribution < -0.4 is 47.4 Å². The molecule has 0 unspecified atom stereocenters. The van der Waals surface area contributed by atoms with Crippen molar-refractivity contribution < 1.29 is 124 Å². The Morgan fingerprint density at radius 3 is 0.672 bits per heavy atom. The molecule has 26 nitrogen and oxygen atoms in total. The lowest BCUT2D eigenvalue weighted by Crippen LogP contribution is -2.15. The SMILES string of the molecule is C=CC(=O)OCCCCCCOc1ccc(C(=O)Oc2ccc(OC(=O)c3ccc(OCCCCCCOC(=O)C=C)cc3)c(C(=O)OCCCCCCOc3cccc(-c4ccc(-c5cccc(OCCCCCCOC(=O)c6cc(OC(=O)c7ccc(OCCCCCCOC(=O)C=C)cc7)ccc6OC(=O)c6ccc(OCCCCCCOC(=O)C=C)cc6)c5)cc4)c3)c2)cc1. The lowest BCUT2D eigenvalue weighted by atomic mass is 10.00. The van der Waals surface area contributed by atoms with Crippen molar-refractivity contribution in [1.29, 1.82) is 0 Å². The molecule has 0 aliphatic rings. The second-order valence-electron chi connectivity index (χ2n) is 30.9. The predicted molar refractivity (Wildman–Crippen MR) is 505 cm³/mol. The maximum atomic E-state index is 13.9. The highest BCUT2D eigenvalue weighted by Crippen LogP contribution is 2.33. The molecule has 0 aliphatic heterocycles. The number of hydrogen-bond donors (Lipinski definition) is 0. The summed E-state index contributed by atoms with van der Waals surface area (Å²) in [4.78, 5) is 127.